The highest BCUT2D eigenvalue weighted by Crippen LogP contribution is 2.31. The molecule has 2 aromatic rings. The summed E-state index contributed by atoms with van der Waals surface area (Å²) in [6, 6.07) is 11.2. The van der Waals surface area contributed by atoms with Gasteiger partial charge in [0, 0.05) is 0 Å². The second-order valence-corrected chi connectivity index (χ2v) is 6.55. The molecule has 0 saturated heterocycles. The topological polar surface area (TPSA) is 61.8 Å². The molecule has 0 heterocycles. The Labute approximate surface area is 143 Å². The van der Waals surface area contributed by atoms with Crippen LogP contribution in [0, 0.1) is 6.92 Å². The maximum Gasteiger partial charge on any atom is 0.573 e. The fourth-order valence-corrected chi connectivity index (χ4v) is 2.74. The van der Waals surface area contributed by atoms with Crippen molar-refractivity contribution in [1.82, 2.24) is 0 Å². The van der Waals surface area contributed by atoms with Crippen molar-refractivity contribution in [3.8, 4) is 11.5 Å². The van der Waals surface area contributed by atoms with Crippen LogP contribution >= 0.6 is 0 Å². The van der Waals surface area contributed by atoms with Gasteiger partial charge in [-0.3, -0.25) is 4.18 Å². The summed E-state index contributed by atoms with van der Waals surface area (Å²) >= 11 is 0. The van der Waals surface area contributed by atoms with Crippen LogP contribution in [0.25, 0.3) is 0 Å². The molecular formula is C16H15F3O5S. The fourth-order valence-electron chi connectivity index (χ4n) is 1.85. The minimum Gasteiger partial charge on any atom is -0.487 e. The first-order chi connectivity index (χ1) is 11.7. The van der Waals surface area contributed by atoms with Crippen molar-refractivity contribution >= 4 is 10.1 Å². The van der Waals surface area contributed by atoms with Crippen molar-refractivity contribution in [2.24, 2.45) is 0 Å². The van der Waals surface area contributed by atoms with Crippen molar-refractivity contribution in [3.63, 3.8) is 0 Å². The Hall–Kier alpha value is -2.26. The number of para-hydroxylation sites is 2. The van der Waals surface area contributed by atoms with E-state index in [-0.39, 0.29) is 23.9 Å². The summed E-state index contributed by atoms with van der Waals surface area (Å²) < 4.78 is 74.6. The highest BCUT2D eigenvalue weighted by Gasteiger charge is 2.32. The Bertz CT molecular complexity index is 801. The molecular weight excluding hydrogens is 361 g/mol. The first-order valence-corrected chi connectivity index (χ1v) is 8.52. The summed E-state index contributed by atoms with van der Waals surface area (Å²) in [6.45, 7) is 1.17. The average Bonchev–Trinajstić information content (AvgIpc) is 2.52. The average molecular weight is 376 g/mol. The standard InChI is InChI=1S/C16H15F3O5S/c1-12-6-8-13(9-7-12)25(20,21)23-11-10-22-14-4-2-3-5-15(14)24-16(17,18)19/h2-9H,10-11H2,1H3. The molecule has 0 bridgehead atoms. The first-order valence-electron chi connectivity index (χ1n) is 7.11. The Balaban J connectivity index is 1.92. The van der Waals surface area contributed by atoms with Gasteiger partial charge in [0.1, 0.15) is 13.2 Å². The molecule has 136 valence electrons. The number of ether oxygens (including phenoxy) is 2. The smallest absolute Gasteiger partial charge is 0.487 e. The van der Waals surface area contributed by atoms with Crippen LogP contribution < -0.4 is 9.47 Å². The minimum absolute atomic E-state index is 0.0149. The summed E-state index contributed by atoms with van der Waals surface area (Å²) in [5.41, 5.74) is 0.892. The maximum absolute atomic E-state index is 12.3. The third-order valence-corrected chi connectivity index (χ3v) is 4.29. The molecule has 0 atom stereocenters. The van der Waals surface area contributed by atoms with E-state index in [1.54, 1.807) is 12.1 Å². The van der Waals surface area contributed by atoms with Gasteiger partial charge in [-0.1, -0.05) is 29.8 Å². The van der Waals surface area contributed by atoms with Gasteiger partial charge in [-0.2, -0.15) is 8.42 Å². The van der Waals surface area contributed by atoms with Crippen molar-refractivity contribution in [2.75, 3.05) is 13.2 Å². The molecule has 9 heteroatoms. The van der Waals surface area contributed by atoms with E-state index < -0.39 is 22.2 Å². The van der Waals surface area contributed by atoms with E-state index in [9.17, 15) is 21.6 Å². The monoisotopic (exact) mass is 376 g/mol. The molecule has 0 unspecified atom stereocenters. The summed E-state index contributed by atoms with van der Waals surface area (Å²) in [6.07, 6.45) is -4.86. The number of rotatable bonds is 7. The molecule has 0 N–H and O–H groups in total. The lowest BCUT2D eigenvalue weighted by atomic mass is 10.2. The third kappa shape index (κ3) is 5.95. The van der Waals surface area contributed by atoms with Gasteiger partial charge in [-0.15, -0.1) is 13.2 Å². The van der Waals surface area contributed by atoms with Gasteiger partial charge in [-0.05, 0) is 31.2 Å². The molecule has 2 aromatic carbocycles. The van der Waals surface area contributed by atoms with Crippen LogP contribution in [0.1, 0.15) is 5.56 Å². The lowest BCUT2D eigenvalue weighted by molar-refractivity contribution is -0.275. The van der Waals surface area contributed by atoms with Crippen LogP contribution in [0.15, 0.2) is 53.4 Å². The molecule has 2 rings (SSSR count). The predicted octanol–water partition coefficient (Wildman–Crippen LogP) is 3.68. The highest BCUT2D eigenvalue weighted by molar-refractivity contribution is 7.86. The predicted molar refractivity (Wildman–Crippen MR) is 82.9 cm³/mol. The summed E-state index contributed by atoms with van der Waals surface area (Å²) in [7, 11) is -3.96. The van der Waals surface area contributed by atoms with Crippen LogP contribution in [-0.4, -0.2) is 28.0 Å². The lowest BCUT2D eigenvalue weighted by Gasteiger charge is -2.14. The third-order valence-electron chi connectivity index (χ3n) is 2.96. The van der Waals surface area contributed by atoms with Crippen LogP contribution in [0.3, 0.4) is 0 Å². The number of halogens is 3. The highest BCUT2D eigenvalue weighted by atomic mass is 32.2. The van der Waals surface area contributed by atoms with Crippen molar-refractivity contribution in [1.29, 1.82) is 0 Å². The second kappa shape index (κ2) is 7.75. The maximum atomic E-state index is 12.3. The quantitative estimate of drug-likeness (QED) is 0.545. The van der Waals surface area contributed by atoms with Crippen molar-refractivity contribution in [3.05, 3.63) is 54.1 Å². The summed E-state index contributed by atoms with van der Waals surface area (Å²) in [4.78, 5) is -0.0149. The second-order valence-electron chi connectivity index (χ2n) is 4.93. The van der Waals surface area contributed by atoms with E-state index in [4.69, 9.17) is 8.92 Å². The molecule has 0 aliphatic carbocycles. The van der Waals surface area contributed by atoms with Gasteiger partial charge in [0.2, 0.25) is 0 Å². The number of alkyl halides is 3. The Morgan fingerprint density at radius 3 is 2.12 bits per heavy atom. The molecule has 0 spiro atoms. The number of hydrogen-bond acceptors (Lipinski definition) is 5. The zero-order valence-electron chi connectivity index (χ0n) is 13.1. The fraction of sp³-hybridized carbons (Fsp3) is 0.250. The van der Waals surface area contributed by atoms with Gasteiger partial charge in [0.05, 0.1) is 4.90 Å². The Kier molecular flexibility index (Phi) is 5.91. The van der Waals surface area contributed by atoms with Crippen LogP contribution in [0.2, 0.25) is 0 Å². The largest absolute Gasteiger partial charge is 0.573 e. The van der Waals surface area contributed by atoms with Gasteiger partial charge < -0.3 is 9.47 Å². The number of aryl methyl sites for hydroxylation is 1. The van der Waals surface area contributed by atoms with Crippen LogP contribution in [-0.2, 0) is 14.3 Å². The molecule has 25 heavy (non-hydrogen) atoms. The van der Waals surface area contributed by atoms with Crippen molar-refractivity contribution < 1.29 is 35.2 Å². The number of hydrogen-bond donors (Lipinski definition) is 0. The summed E-state index contributed by atoms with van der Waals surface area (Å²) in [5.74, 6) is -0.687. The van der Waals surface area contributed by atoms with Crippen molar-refractivity contribution in [2.45, 2.75) is 18.2 Å². The van der Waals surface area contributed by atoms with Crippen LogP contribution in [0.5, 0.6) is 11.5 Å². The number of benzene rings is 2. The van der Waals surface area contributed by atoms with E-state index in [0.29, 0.717) is 0 Å². The van der Waals surface area contributed by atoms with E-state index in [1.165, 1.54) is 30.3 Å². The lowest BCUT2D eigenvalue weighted by Crippen LogP contribution is -2.18. The van der Waals surface area contributed by atoms with Gasteiger partial charge >= 0.3 is 6.36 Å². The zero-order valence-corrected chi connectivity index (χ0v) is 13.9. The van der Waals surface area contributed by atoms with E-state index in [2.05, 4.69) is 4.74 Å². The van der Waals surface area contributed by atoms with Crippen LogP contribution in [0.4, 0.5) is 13.2 Å². The Morgan fingerprint density at radius 2 is 1.52 bits per heavy atom. The molecule has 0 amide bonds. The molecule has 0 aliphatic rings. The molecule has 0 aromatic heterocycles. The normalized spacial score (nSPS) is 12.0. The zero-order chi connectivity index (χ0) is 18.5. The van der Waals surface area contributed by atoms with E-state index >= 15 is 0 Å². The summed E-state index contributed by atoms with van der Waals surface area (Å²) in [5, 5.41) is 0. The van der Waals surface area contributed by atoms with E-state index in [0.717, 1.165) is 11.6 Å². The molecule has 0 radical (unpaired) electrons. The van der Waals surface area contributed by atoms with Gasteiger partial charge in [-0.25, -0.2) is 0 Å². The van der Waals surface area contributed by atoms with E-state index in [1.807, 2.05) is 6.92 Å². The SMILES string of the molecule is Cc1ccc(S(=O)(=O)OCCOc2ccccc2OC(F)(F)F)cc1. The Morgan fingerprint density at radius 1 is 0.920 bits per heavy atom. The molecule has 0 saturated carbocycles. The first kappa shape index (κ1) is 19.1. The minimum atomic E-state index is -4.86. The molecule has 5 nitrogen and oxygen atoms in total. The molecule has 0 aliphatic heterocycles. The van der Waals surface area contributed by atoms with Gasteiger partial charge in [0.25, 0.3) is 10.1 Å². The molecule has 0 fully saturated rings. The van der Waals surface area contributed by atoms with Gasteiger partial charge in [0.15, 0.2) is 11.5 Å².